The van der Waals surface area contributed by atoms with Crippen molar-refractivity contribution >= 4 is 0 Å². The zero-order valence-electron chi connectivity index (χ0n) is 6.13. The lowest BCUT2D eigenvalue weighted by Crippen LogP contribution is -1.47. The van der Waals surface area contributed by atoms with Crippen LogP contribution < -0.4 is 0 Å². The summed E-state index contributed by atoms with van der Waals surface area (Å²) in [5.41, 5.74) is 0. The molecule has 1 aromatic heterocycles. The highest BCUT2D eigenvalue weighted by Gasteiger charge is 1.59. The average Bonchev–Trinajstić information content (AvgIpc) is 2.43. The maximum Gasteiger partial charge on any atom is 0.0902 e. The third-order valence-electron chi connectivity index (χ3n) is 0.925. The molecule has 1 heterocycles. The number of hydrogen-bond donors (Lipinski definition) is 0. The van der Waals surface area contributed by atoms with Gasteiger partial charge in [-0.1, -0.05) is 26.7 Å². The Hall–Kier alpha value is -0.720. The molecular formula is C8H14O. The molecule has 1 heteroatoms. The fraction of sp³-hybridized carbons (Fsp3) is 0.500. The summed E-state index contributed by atoms with van der Waals surface area (Å²) in [6.45, 7) is 4.36. The van der Waals surface area contributed by atoms with Gasteiger partial charge in [-0.3, -0.25) is 0 Å². The third kappa shape index (κ3) is 7.28. The zero-order valence-corrected chi connectivity index (χ0v) is 6.13. The second-order valence-electron chi connectivity index (χ2n) is 1.79. The fourth-order valence-corrected chi connectivity index (χ4v) is 0.227. The topological polar surface area (TPSA) is 13.1 Å². The van der Waals surface area contributed by atoms with E-state index in [0.717, 1.165) is 0 Å². The van der Waals surface area contributed by atoms with Gasteiger partial charge in [0.05, 0.1) is 12.5 Å². The second-order valence-corrected chi connectivity index (χ2v) is 1.79. The van der Waals surface area contributed by atoms with Crippen LogP contribution in [0.3, 0.4) is 0 Å². The molecule has 0 saturated heterocycles. The first kappa shape index (κ1) is 8.28. The molecule has 0 radical (unpaired) electrons. The van der Waals surface area contributed by atoms with E-state index < -0.39 is 0 Å². The van der Waals surface area contributed by atoms with Crippen molar-refractivity contribution in [3.8, 4) is 0 Å². The van der Waals surface area contributed by atoms with Crippen LogP contribution in [0.4, 0.5) is 0 Å². The molecule has 1 nitrogen and oxygen atoms in total. The smallest absolute Gasteiger partial charge is 0.0902 e. The minimum atomic E-state index is 1.32. The first-order valence-corrected chi connectivity index (χ1v) is 3.39. The predicted octanol–water partition coefficient (Wildman–Crippen LogP) is 3.09. The van der Waals surface area contributed by atoms with Gasteiger partial charge >= 0.3 is 0 Å². The van der Waals surface area contributed by atoms with E-state index in [4.69, 9.17) is 0 Å². The van der Waals surface area contributed by atoms with E-state index in [1.807, 2.05) is 12.1 Å². The van der Waals surface area contributed by atoms with Crippen LogP contribution in [0.2, 0.25) is 0 Å². The van der Waals surface area contributed by atoms with E-state index >= 15 is 0 Å². The lowest BCUT2D eigenvalue weighted by atomic mass is 10.4. The maximum atomic E-state index is 4.58. The van der Waals surface area contributed by atoms with E-state index in [2.05, 4.69) is 18.3 Å². The molecule has 0 aromatic carbocycles. The minimum Gasteiger partial charge on any atom is -0.473 e. The second kappa shape index (κ2) is 7.28. The molecule has 0 aliphatic carbocycles. The van der Waals surface area contributed by atoms with Crippen molar-refractivity contribution in [1.29, 1.82) is 0 Å². The van der Waals surface area contributed by atoms with Crippen molar-refractivity contribution in [3.05, 3.63) is 24.7 Å². The monoisotopic (exact) mass is 126 g/mol. The SMILES string of the molecule is CCCC.c1ccoc1. The Balaban J connectivity index is 0.000000148. The molecule has 1 rings (SSSR count). The molecule has 0 aliphatic heterocycles. The molecule has 0 aliphatic rings. The van der Waals surface area contributed by atoms with E-state index in [0.29, 0.717) is 0 Å². The van der Waals surface area contributed by atoms with Crippen molar-refractivity contribution in [2.45, 2.75) is 26.7 Å². The molecule has 0 amide bonds. The molecule has 0 atom stereocenters. The largest absolute Gasteiger partial charge is 0.473 e. The lowest BCUT2D eigenvalue weighted by Gasteiger charge is -1.68. The summed E-state index contributed by atoms with van der Waals surface area (Å²) in [5, 5.41) is 0. The van der Waals surface area contributed by atoms with Crippen LogP contribution in [0.25, 0.3) is 0 Å². The molecule has 0 spiro atoms. The molecule has 9 heavy (non-hydrogen) atoms. The Morgan fingerprint density at radius 1 is 1.00 bits per heavy atom. The Morgan fingerprint density at radius 3 is 1.56 bits per heavy atom. The third-order valence-corrected chi connectivity index (χ3v) is 0.925. The predicted molar refractivity (Wildman–Crippen MR) is 39.3 cm³/mol. The van der Waals surface area contributed by atoms with Gasteiger partial charge in [-0.05, 0) is 12.1 Å². The van der Waals surface area contributed by atoms with Crippen molar-refractivity contribution < 1.29 is 4.42 Å². The average molecular weight is 126 g/mol. The molecule has 0 saturated carbocycles. The number of hydrogen-bond acceptors (Lipinski definition) is 1. The molecular weight excluding hydrogens is 112 g/mol. The van der Waals surface area contributed by atoms with E-state index in [-0.39, 0.29) is 0 Å². The molecule has 0 bridgehead atoms. The van der Waals surface area contributed by atoms with Gasteiger partial charge in [0.15, 0.2) is 0 Å². The molecule has 0 unspecified atom stereocenters. The van der Waals surface area contributed by atoms with Gasteiger partial charge in [0.1, 0.15) is 0 Å². The summed E-state index contributed by atoms with van der Waals surface area (Å²) in [7, 11) is 0. The standard InChI is InChI=1S/C4H4O.C4H10/c1-2-4-5-3-1;1-3-4-2/h1-4H;3-4H2,1-2H3. The van der Waals surface area contributed by atoms with Crippen LogP contribution in [-0.4, -0.2) is 0 Å². The minimum absolute atomic E-state index is 1.32. The zero-order chi connectivity index (χ0) is 6.95. The first-order chi connectivity index (χ1) is 4.41. The highest BCUT2D eigenvalue weighted by Crippen LogP contribution is 1.79. The molecule has 52 valence electrons. The van der Waals surface area contributed by atoms with Gasteiger partial charge in [0, 0.05) is 0 Å². The van der Waals surface area contributed by atoms with Crippen LogP contribution >= 0.6 is 0 Å². The van der Waals surface area contributed by atoms with E-state index in [1.54, 1.807) is 12.5 Å². The van der Waals surface area contributed by atoms with Gasteiger partial charge in [-0.15, -0.1) is 0 Å². The van der Waals surface area contributed by atoms with Gasteiger partial charge in [0.25, 0.3) is 0 Å². The van der Waals surface area contributed by atoms with Crippen LogP contribution in [0, 0.1) is 0 Å². The van der Waals surface area contributed by atoms with Gasteiger partial charge < -0.3 is 4.42 Å². The van der Waals surface area contributed by atoms with Crippen molar-refractivity contribution in [2.75, 3.05) is 0 Å². The fourth-order valence-electron chi connectivity index (χ4n) is 0.227. The summed E-state index contributed by atoms with van der Waals surface area (Å²) in [5.74, 6) is 0. The van der Waals surface area contributed by atoms with Crippen LogP contribution in [0.5, 0.6) is 0 Å². The van der Waals surface area contributed by atoms with Crippen LogP contribution in [0.15, 0.2) is 29.1 Å². The summed E-state index contributed by atoms with van der Waals surface area (Å²) in [6, 6.07) is 3.67. The van der Waals surface area contributed by atoms with Gasteiger partial charge in [-0.2, -0.15) is 0 Å². The Morgan fingerprint density at radius 2 is 1.44 bits per heavy atom. The first-order valence-electron chi connectivity index (χ1n) is 3.39. The summed E-state index contributed by atoms with van der Waals surface area (Å²) in [4.78, 5) is 0. The number of rotatable bonds is 1. The normalized spacial score (nSPS) is 7.78. The summed E-state index contributed by atoms with van der Waals surface area (Å²) >= 11 is 0. The summed E-state index contributed by atoms with van der Waals surface area (Å²) < 4.78 is 4.58. The van der Waals surface area contributed by atoms with Crippen molar-refractivity contribution in [3.63, 3.8) is 0 Å². The Labute approximate surface area is 56.7 Å². The van der Waals surface area contributed by atoms with E-state index in [1.165, 1.54) is 12.8 Å². The van der Waals surface area contributed by atoms with E-state index in [9.17, 15) is 0 Å². The van der Waals surface area contributed by atoms with Crippen molar-refractivity contribution in [2.24, 2.45) is 0 Å². The quantitative estimate of drug-likeness (QED) is 0.563. The van der Waals surface area contributed by atoms with Crippen LogP contribution in [-0.2, 0) is 0 Å². The summed E-state index contributed by atoms with van der Waals surface area (Å²) in [6.07, 6.45) is 5.89. The van der Waals surface area contributed by atoms with Crippen LogP contribution in [0.1, 0.15) is 26.7 Å². The maximum absolute atomic E-state index is 4.58. The Bertz CT molecular complexity index is 80.1. The highest BCUT2D eigenvalue weighted by atomic mass is 16.3. The van der Waals surface area contributed by atoms with Gasteiger partial charge in [0.2, 0.25) is 0 Å². The van der Waals surface area contributed by atoms with Gasteiger partial charge in [-0.25, -0.2) is 0 Å². The molecule has 1 aromatic rings. The Kier molecular flexibility index (Phi) is 6.70. The lowest BCUT2D eigenvalue weighted by molar-refractivity contribution is 0.567. The molecule has 0 fully saturated rings. The highest BCUT2D eigenvalue weighted by molar-refractivity contribution is 4.79. The van der Waals surface area contributed by atoms with Crippen molar-refractivity contribution in [1.82, 2.24) is 0 Å². The molecule has 0 N–H and O–H groups in total. The number of furan rings is 1. The number of unbranched alkanes of at least 4 members (excludes halogenated alkanes) is 1.